The maximum absolute atomic E-state index is 13.3. The second-order valence-corrected chi connectivity index (χ2v) is 8.55. The number of carbonyl (C=O) groups is 2. The Labute approximate surface area is 214 Å². The predicted octanol–water partition coefficient (Wildman–Crippen LogP) is 6.18. The number of carbonyl (C=O) groups excluding carboxylic acids is 2. The first-order chi connectivity index (χ1) is 17.7. The number of nitrogens with zero attached hydrogens (tertiary/aromatic N) is 1. The summed E-state index contributed by atoms with van der Waals surface area (Å²) in [5.74, 6) is -1.14. The maximum Gasteiger partial charge on any atom is 0.412 e. The Balaban J connectivity index is 0.000000266. The molecule has 0 radical (unpaired) electrons. The molecule has 37 heavy (non-hydrogen) atoms. The number of halogens is 3. The van der Waals surface area contributed by atoms with Crippen LogP contribution in [-0.2, 0) is 12.8 Å². The molecule has 192 valence electrons. The Kier molecular flexibility index (Phi) is 9.57. The lowest BCUT2D eigenvalue weighted by Crippen LogP contribution is -2.30. The Morgan fingerprint density at radius 1 is 0.757 bits per heavy atom. The van der Waals surface area contributed by atoms with Gasteiger partial charge in [0.05, 0.1) is 17.7 Å². The second kappa shape index (κ2) is 12.8. The molecule has 1 aliphatic rings. The van der Waals surface area contributed by atoms with E-state index < -0.39 is 30.1 Å². The predicted molar refractivity (Wildman–Crippen MR) is 137 cm³/mol. The van der Waals surface area contributed by atoms with Crippen LogP contribution in [0.4, 0.5) is 13.2 Å². The van der Waals surface area contributed by atoms with Crippen molar-refractivity contribution in [2.24, 2.45) is 0 Å². The molecule has 7 heteroatoms. The zero-order chi connectivity index (χ0) is 26.8. The normalized spacial score (nSPS) is 13.8. The van der Waals surface area contributed by atoms with E-state index in [-0.39, 0.29) is 24.2 Å². The number of imide groups is 1. The van der Waals surface area contributed by atoms with Crippen molar-refractivity contribution in [1.82, 2.24) is 4.90 Å². The van der Waals surface area contributed by atoms with E-state index in [4.69, 9.17) is 5.11 Å². The van der Waals surface area contributed by atoms with E-state index in [0.717, 1.165) is 17.4 Å². The molecule has 0 spiro atoms. The highest BCUT2D eigenvalue weighted by Gasteiger charge is 2.37. The van der Waals surface area contributed by atoms with Crippen LogP contribution >= 0.6 is 0 Å². The summed E-state index contributed by atoms with van der Waals surface area (Å²) in [7, 11) is 0. The highest BCUT2D eigenvalue weighted by molar-refractivity contribution is 6.21. The number of aliphatic hydroxyl groups is 1. The van der Waals surface area contributed by atoms with Crippen molar-refractivity contribution in [1.29, 1.82) is 0 Å². The van der Waals surface area contributed by atoms with Gasteiger partial charge in [0, 0.05) is 18.5 Å². The molecule has 0 aromatic heterocycles. The number of benzene rings is 3. The molecule has 1 N–H and O–H groups in total. The molecular formula is C30H28F3NO3. The quantitative estimate of drug-likeness (QED) is 0.307. The number of aliphatic hydroxyl groups excluding tert-OH is 1. The number of amides is 2. The first-order valence-corrected chi connectivity index (χ1v) is 11.8. The van der Waals surface area contributed by atoms with E-state index in [0.29, 0.717) is 5.56 Å². The van der Waals surface area contributed by atoms with Gasteiger partial charge in [0.25, 0.3) is 11.8 Å². The number of allylic oxidation sites excluding steroid dienone is 2. The standard InChI is InChI=1S/C19H14F3NO2.C11H14O/c20-19(21,22)14(12-13-6-2-1-3-7-13)10-11-23-17(24)15-8-4-5-9-16(15)18(23)25;1-10(7-8-12)9-11-5-3-2-4-6-11/h1-10H,11-12H2;2-7,12H,8-9H2,1H3/b14-10-;10-7-. The van der Waals surface area contributed by atoms with Gasteiger partial charge < -0.3 is 5.11 Å². The average Bonchev–Trinajstić information content (AvgIpc) is 3.12. The van der Waals surface area contributed by atoms with Gasteiger partial charge in [-0.15, -0.1) is 0 Å². The molecule has 4 rings (SSSR count). The van der Waals surface area contributed by atoms with Crippen LogP contribution in [0.25, 0.3) is 0 Å². The van der Waals surface area contributed by atoms with Crippen LogP contribution in [-0.4, -0.2) is 41.1 Å². The largest absolute Gasteiger partial charge is 0.412 e. The van der Waals surface area contributed by atoms with Crippen LogP contribution in [0.3, 0.4) is 0 Å². The number of rotatable bonds is 7. The van der Waals surface area contributed by atoms with Crippen LogP contribution in [0.2, 0.25) is 0 Å². The van der Waals surface area contributed by atoms with Crippen LogP contribution in [0.5, 0.6) is 0 Å². The zero-order valence-corrected chi connectivity index (χ0v) is 20.4. The van der Waals surface area contributed by atoms with Crippen molar-refractivity contribution >= 4 is 11.8 Å². The Bertz CT molecular complexity index is 1230. The van der Waals surface area contributed by atoms with E-state index in [2.05, 4.69) is 12.1 Å². The summed E-state index contributed by atoms with van der Waals surface area (Å²) < 4.78 is 39.8. The maximum atomic E-state index is 13.3. The molecule has 0 fully saturated rings. The van der Waals surface area contributed by atoms with Gasteiger partial charge in [0.15, 0.2) is 0 Å². The third-order valence-corrected chi connectivity index (χ3v) is 5.77. The molecule has 0 aliphatic carbocycles. The number of hydrogen-bond donors (Lipinski definition) is 1. The summed E-state index contributed by atoms with van der Waals surface area (Å²) in [6.45, 7) is 1.76. The van der Waals surface area contributed by atoms with Crippen molar-refractivity contribution in [3.05, 3.63) is 130 Å². The van der Waals surface area contributed by atoms with Crippen molar-refractivity contribution in [3.8, 4) is 0 Å². The fourth-order valence-corrected chi connectivity index (χ4v) is 3.86. The van der Waals surface area contributed by atoms with Crippen LogP contribution in [0.15, 0.2) is 108 Å². The van der Waals surface area contributed by atoms with E-state index in [1.807, 2.05) is 31.2 Å². The van der Waals surface area contributed by atoms with Crippen molar-refractivity contribution in [3.63, 3.8) is 0 Å². The molecule has 0 saturated heterocycles. The molecule has 3 aromatic rings. The Morgan fingerprint density at radius 2 is 1.22 bits per heavy atom. The third kappa shape index (κ3) is 7.75. The van der Waals surface area contributed by atoms with E-state index >= 15 is 0 Å². The van der Waals surface area contributed by atoms with Gasteiger partial charge in [-0.2, -0.15) is 13.2 Å². The molecule has 3 aromatic carbocycles. The van der Waals surface area contributed by atoms with Crippen LogP contribution in [0.1, 0.15) is 38.8 Å². The summed E-state index contributed by atoms with van der Waals surface area (Å²) in [6, 6.07) is 24.7. The van der Waals surface area contributed by atoms with E-state index in [1.165, 1.54) is 23.3 Å². The molecule has 0 bridgehead atoms. The van der Waals surface area contributed by atoms with Gasteiger partial charge in [-0.05, 0) is 36.6 Å². The SMILES string of the molecule is C/C(=C/CO)Cc1ccccc1.O=C1c2ccccc2C(=O)N1C/C=C(/Cc1ccccc1)C(F)(F)F. The van der Waals surface area contributed by atoms with E-state index in [9.17, 15) is 22.8 Å². The van der Waals surface area contributed by atoms with Crippen LogP contribution in [0, 0.1) is 0 Å². The summed E-state index contributed by atoms with van der Waals surface area (Å²) in [5, 5.41) is 8.64. The monoisotopic (exact) mass is 507 g/mol. The molecule has 1 aliphatic heterocycles. The fraction of sp³-hybridized carbons (Fsp3) is 0.200. The lowest BCUT2D eigenvalue weighted by atomic mass is 10.0. The molecule has 0 unspecified atom stereocenters. The number of hydrogen-bond acceptors (Lipinski definition) is 3. The Hall–Kier alpha value is -3.97. The highest BCUT2D eigenvalue weighted by atomic mass is 19.4. The summed E-state index contributed by atoms with van der Waals surface area (Å²) >= 11 is 0. The first-order valence-electron chi connectivity index (χ1n) is 11.8. The summed E-state index contributed by atoms with van der Waals surface area (Å²) in [6.07, 6.45) is -1.16. The molecule has 0 atom stereocenters. The van der Waals surface area contributed by atoms with Crippen molar-refractivity contribution in [2.75, 3.05) is 13.2 Å². The minimum absolute atomic E-state index is 0.138. The van der Waals surface area contributed by atoms with Crippen LogP contribution < -0.4 is 0 Å². The molecule has 1 heterocycles. The molecule has 4 nitrogen and oxygen atoms in total. The van der Waals surface area contributed by atoms with Gasteiger partial charge in [0.1, 0.15) is 0 Å². The van der Waals surface area contributed by atoms with E-state index in [1.54, 1.807) is 42.5 Å². The lowest BCUT2D eigenvalue weighted by molar-refractivity contribution is -0.0935. The minimum Gasteiger partial charge on any atom is -0.392 e. The van der Waals surface area contributed by atoms with Gasteiger partial charge in [-0.3, -0.25) is 14.5 Å². The number of fused-ring (bicyclic) bond motifs is 1. The van der Waals surface area contributed by atoms with Crippen molar-refractivity contribution < 1.29 is 27.9 Å². The highest BCUT2D eigenvalue weighted by Crippen LogP contribution is 2.29. The lowest BCUT2D eigenvalue weighted by Gasteiger charge is -2.15. The average molecular weight is 508 g/mol. The Morgan fingerprint density at radius 3 is 1.68 bits per heavy atom. The topological polar surface area (TPSA) is 57.6 Å². The molecule has 2 amide bonds. The summed E-state index contributed by atoms with van der Waals surface area (Å²) in [5.41, 5.74) is 2.67. The minimum atomic E-state index is -4.53. The van der Waals surface area contributed by atoms with Gasteiger partial charge in [0.2, 0.25) is 0 Å². The van der Waals surface area contributed by atoms with Gasteiger partial charge in [-0.25, -0.2) is 0 Å². The smallest absolute Gasteiger partial charge is 0.392 e. The zero-order valence-electron chi connectivity index (χ0n) is 20.4. The third-order valence-electron chi connectivity index (χ3n) is 5.77. The van der Waals surface area contributed by atoms with Gasteiger partial charge >= 0.3 is 6.18 Å². The summed E-state index contributed by atoms with van der Waals surface area (Å²) in [4.78, 5) is 25.3. The fourth-order valence-electron chi connectivity index (χ4n) is 3.86. The molecule has 0 saturated carbocycles. The van der Waals surface area contributed by atoms with Crippen molar-refractivity contribution in [2.45, 2.75) is 25.9 Å². The molecular weight excluding hydrogens is 479 g/mol. The van der Waals surface area contributed by atoms with Gasteiger partial charge in [-0.1, -0.05) is 90.5 Å². The second-order valence-electron chi connectivity index (χ2n) is 8.55. The first kappa shape index (κ1) is 27.6. The number of alkyl halides is 3.